The van der Waals surface area contributed by atoms with Crippen molar-refractivity contribution in [3.8, 4) is 0 Å². The summed E-state index contributed by atoms with van der Waals surface area (Å²) in [4.78, 5) is 14.2. The van der Waals surface area contributed by atoms with Gasteiger partial charge in [0.15, 0.2) is 0 Å². The van der Waals surface area contributed by atoms with Gasteiger partial charge in [-0.2, -0.15) is 0 Å². The van der Waals surface area contributed by atoms with Crippen molar-refractivity contribution in [3.05, 3.63) is 29.8 Å². The van der Waals surface area contributed by atoms with Gasteiger partial charge in [0.2, 0.25) is 5.91 Å². The third-order valence-electron chi connectivity index (χ3n) is 3.41. The lowest BCUT2D eigenvalue weighted by molar-refractivity contribution is -0.115. The van der Waals surface area contributed by atoms with Crippen LogP contribution in [0, 0.1) is 6.92 Å². The van der Waals surface area contributed by atoms with E-state index in [4.69, 9.17) is 4.74 Å². The smallest absolute Gasteiger partial charge is 0.238 e. The van der Waals surface area contributed by atoms with Gasteiger partial charge in [0.1, 0.15) is 0 Å². The van der Waals surface area contributed by atoms with Crippen molar-refractivity contribution >= 4 is 11.6 Å². The van der Waals surface area contributed by atoms with Gasteiger partial charge in [0, 0.05) is 31.9 Å². The number of carbonyl (C=O) groups is 1. The van der Waals surface area contributed by atoms with E-state index in [2.05, 4.69) is 15.5 Å². The number of para-hydroxylation sites is 1. The van der Waals surface area contributed by atoms with Crippen LogP contribution in [0.15, 0.2) is 24.3 Å². The Morgan fingerprint density at radius 1 is 1.30 bits per heavy atom. The Morgan fingerprint density at radius 2 is 2.05 bits per heavy atom. The minimum atomic E-state index is 0.00118. The van der Waals surface area contributed by atoms with Crippen molar-refractivity contribution in [2.45, 2.75) is 6.92 Å². The van der Waals surface area contributed by atoms with Crippen LogP contribution in [0.25, 0.3) is 0 Å². The van der Waals surface area contributed by atoms with Crippen LogP contribution in [0.4, 0.5) is 5.69 Å². The van der Waals surface area contributed by atoms with E-state index in [1.54, 1.807) is 0 Å². The molecule has 5 nitrogen and oxygen atoms in total. The maximum Gasteiger partial charge on any atom is 0.238 e. The van der Waals surface area contributed by atoms with Crippen molar-refractivity contribution < 1.29 is 9.53 Å². The second-order valence-electron chi connectivity index (χ2n) is 4.99. The molecule has 1 aliphatic rings. The van der Waals surface area contributed by atoms with Gasteiger partial charge in [-0.15, -0.1) is 0 Å². The average Bonchev–Trinajstić information content (AvgIpc) is 2.47. The van der Waals surface area contributed by atoms with Crippen molar-refractivity contribution in [1.82, 2.24) is 10.2 Å². The predicted octanol–water partition coefficient (Wildman–Crippen LogP) is 0.855. The van der Waals surface area contributed by atoms with Gasteiger partial charge in [-0.3, -0.25) is 9.69 Å². The molecule has 0 spiro atoms. The summed E-state index contributed by atoms with van der Waals surface area (Å²) < 4.78 is 5.30. The van der Waals surface area contributed by atoms with E-state index < -0.39 is 0 Å². The summed E-state index contributed by atoms with van der Waals surface area (Å²) in [7, 11) is 0. The maximum absolute atomic E-state index is 11.8. The summed E-state index contributed by atoms with van der Waals surface area (Å²) in [5.41, 5.74) is 1.96. The third-order valence-corrected chi connectivity index (χ3v) is 3.41. The highest BCUT2D eigenvalue weighted by molar-refractivity contribution is 5.92. The molecule has 20 heavy (non-hydrogen) atoms. The molecule has 1 aromatic carbocycles. The Balaban J connectivity index is 1.61. The largest absolute Gasteiger partial charge is 0.379 e. The number of anilines is 1. The van der Waals surface area contributed by atoms with Gasteiger partial charge < -0.3 is 15.4 Å². The zero-order chi connectivity index (χ0) is 14.2. The predicted molar refractivity (Wildman–Crippen MR) is 79.9 cm³/mol. The number of benzene rings is 1. The van der Waals surface area contributed by atoms with E-state index in [1.165, 1.54) is 0 Å². The molecule has 0 radical (unpaired) electrons. The van der Waals surface area contributed by atoms with E-state index in [1.807, 2.05) is 31.2 Å². The second kappa shape index (κ2) is 7.99. The molecule has 0 atom stereocenters. The first-order valence-electron chi connectivity index (χ1n) is 7.12. The average molecular weight is 277 g/mol. The van der Waals surface area contributed by atoms with Crippen LogP contribution in [-0.4, -0.2) is 56.7 Å². The summed E-state index contributed by atoms with van der Waals surface area (Å²) in [5.74, 6) is 0.00118. The van der Waals surface area contributed by atoms with Crippen LogP contribution in [0.1, 0.15) is 5.56 Å². The minimum Gasteiger partial charge on any atom is -0.379 e. The standard InChI is InChI=1S/C15H23N3O2/c1-13-4-2-3-5-14(13)17-15(19)12-16-6-7-18-8-10-20-11-9-18/h2-5,16H,6-12H2,1H3,(H,17,19). The van der Waals surface area contributed by atoms with Crippen molar-refractivity contribution in [1.29, 1.82) is 0 Å². The van der Waals surface area contributed by atoms with Gasteiger partial charge in [0.05, 0.1) is 19.8 Å². The molecule has 1 aromatic rings. The molecule has 1 heterocycles. The number of hydrogen-bond acceptors (Lipinski definition) is 4. The maximum atomic E-state index is 11.8. The fourth-order valence-electron chi connectivity index (χ4n) is 2.17. The fraction of sp³-hybridized carbons (Fsp3) is 0.533. The molecule has 1 amide bonds. The molecular formula is C15H23N3O2. The van der Waals surface area contributed by atoms with Crippen LogP contribution in [0.2, 0.25) is 0 Å². The number of nitrogens with zero attached hydrogens (tertiary/aromatic N) is 1. The zero-order valence-corrected chi connectivity index (χ0v) is 12.0. The molecule has 1 fully saturated rings. The molecular weight excluding hydrogens is 254 g/mol. The lowest BCUT2D eigenvalue weighted by Gasteiger charge is -2.26. The Morgan fingerprint density at radius 3 is 2.80 bits per heavy atom. The first-order chi connectivity index (χ1) is 9.75. The zero-order valence-electron chi connectivity index (χ0n) is 12.0. The number of hydrogen-bond donors (Lipinski definition) is 2. The van der Waals surface area contributed by atoms with Crippen molar-refractivity contribution in [2.75, 3.05) is 51.3 Å². The number of ether oxygens (including phenoxy) is 1. The monoisotopic (exact) mass is 277 g/mol. The number of rotatable bonds is 6. The summed E-state index contributed by atoms with van der Waals surface area (Å²) >= 11 is 0. The Labute approximate surface area is 120 Å². The van der Waals surface area contributed by atoms with Crippen molar-refractivity contribution in [3.63, 3.8) is 0 Å². The first-order valence-corrected chi connectivity index (χ1v) is 7.12. The van der Waals surface area contributed by atoms with Gasteiger partial charge in [0.25, 0.3) is 0 Å². The SMILES string of the molecule is Cc1ccccc1NC(=O)CNCCN1CCOCC1. The molecule has 1 aliphatic heterocycles. The highest BCUT2D eigenvalue weighted by atomic mass is 16.5. The number of nitrogens with one attached hydrogen (secondary N) is 2. The van der Waals surface area contributed by atoms with Gasteiger partial charge >= 0.3 is 0 Å². The van der Waals surface area contributed by atoms with Gasteiger partial charge in [-0.25, -0.2) is 0 Å². The van der Waals surface area contributed by atoms with Gasteiger partial charge in [-0.1, -0.05) is 18.2 Å². The molecule has 110 valence electrons. The van der Waals surface area contributed by atoms with E-state index >= 15 is 0 Å². The number of aryl methyl sites for hydroxylation is 1. The van der Waals surface area contributed by atoms with E-state index in [0.717, 1.165) is 50.6 Å². The third kappa shape index (κ3) is 4.92. The Kier molecular flexibility index (Phi) is 5.98. The number of morpholine rings is 1. The number of carbonyl (C=O) groups excluding carboxylic acids is 1. The quantitative estimate of drug-likeness (QED) is 0.757. The number of amides is 1. The molecule has 1 saturated heterocycles. The molecule has 0 aromatic heterocycles. The van der Waals surface area contributed by atoms with E-state index in [0.29, 0.717) is 6.54 Å². The summed E-state index contributed by atoms with van der Waals surface area (Å²) in [5, 5.41) is 6.09. The van der Waals surface area contributed by atoms with Crippen LogP contribution in [-0.2, 0) is 9.53 Å². The molecule has 0 aliphatic carbocycles. The van der Waals surface area contributed by atoms with E-state index in [-0.39, 0.29) is 5.91 Å². The topological polar surface area (TPSA) is 53.6 Å². The first kappa shape index (κ1) is 15.0. The highest BCUT2D eigenvalue weighted by Crippen LogP contribution is 2.12. The van der Waals surface area contributed by atoms with Gasteiger partial charge in [-0.05, 0) is 18.6 Å². The lowest BCUT2D eigenvalue weighted by atomic mass is 10.2. The van der Waals surface area contributed by atoms with Crippen LogP contribution >= 0.6 is 0 Å². The molecule has 2 N–H and O–H groups in total. The van der Waals surface area contributed by atoms with Crippen LogP contribution < -0.4 is 10.6 Å². The van der Waals surface area contributed by atoms with E-state index in [9.17, 15) is 4.79 Å². The second-order valence-corrected chi connectivity index (χ2v) is 4.99. The normalized spacial score (nSPS) is 16.1. The molecule has 5 heteroatoms. The fourth-order valence-corrected chi connectivity index (χ4v) is 2.17. The highest BCUT2D eigenvalue weighted by Gasteiger charge is 2.09. The summed E-state index contributed by atoms with van der Waals surface area (Å²) in [6.45, 7) is 7.71. The summed E-state index contributed by atoms with van der Waals surface area (Å²) in [6, 6.07) is 7.79. The summed E-state index contributed by atoms with van der Waals surface area (Å²) in [6.07, 6.45) is 0. The Hall–Kier alpha value is -1.43. The molecule has 2 rings (SSSR count). The molecule has 0 saturated carbocycles. The Bertz CT molecular complexity index is 431. The molecule has 0 unspecified atom stereocenters. The molecule has 0 bridgehead atoms. The lowest BCUT2D eigenvalue weighted by Crippen LogP contribution is -2.41. The minimum absolute atomic E-state index is 0.00118. The van der Waals surface area contributed by atoms with Crippen LogP contribution in [0.3, 0.4) is 0 Å². The van der Waals surface area contributed by atoms with Crippen LogP contribution in [0.5, 0.6) is 0 Å². The van der Waals surface area contributed by atoms with Crippen molar-refractivity contribution in [2.24, 2.45) is 0 Å².